The molecule has 6 heteroatoms. The van der Waals surface area contributed by atoms with Crippen molar-refractivity contribution in [1.82, 2.24) is 16.0 Å². The summed E-state index contributed by atoms with van der Waals surface area (Å²) in [6, 6.07) is 11.2. The van der Waals surface area contributed by atoms with Crippen LogP contribution in [-0.4, -0.2) is 43.6 Å². The molecule has 1 aliphatic heterocycles. The molecule has 4 atom stereocenters. The van der Waals surface area contributed by atoms with Crippen molar-refractivity contribution in [1.29, 1.82) is 0 Å². The molecular formula is C24H36N4O2. The van der Waals surface area contributed by atoms with Crippen LogP contribution in [0.5, 0.6) is 0 Å². The Labute approximate surface area is 180 Å². The van der Waals surface area contributed by atoms with E-state index in [1.807, 2.05) is 6.07 Å². The lowest BCUT2D eigenvalue weighted by molar-refractivity contribution is -0.126. The Morgan fingerprint density at radius 1 is 1.07 bits per heavy atom. The van der Waals surface area contributed by atoms with E-state index in [-0.39, 0.29) is 17.9 Å². The van der Waals surface area contributed by atoms with Gasteiger partial charge in [-0.1, -0.05) is 36.8 Å². The maximum atomic E-state index is 12.5. The molecule has 2 saturated carbocycles. The van der Waals surface area contributed by atoms with Gasteiger partial charge in [0.2, 0.25) is 5.91 Å². The van der Waals surface area contributed by atoms with E-state index >= 15 is 0 Å². The van der Waals surface area contributed by atoms with Gasteiger partial charge in [-0.25, -0.2) is 0 Å². The number of amides is 1. The summed E-state index contributed by atoms with van der Waals surface area (Å²) in [4.78, 5) is 17.4. The van der Waals surface area contributed by atoms with Gasteiger partial charge in [-0.05, 0) is 51.0 Å². The molecule has 1 saturated heterocycles. The zero-order valence-electron chi connectivity index (χ0n) is 18.1. The molecule has 0 aromatic heterocycles. The molecule has 164 valence electrons. The van der Waals surface area contributed by atoms with E-state index in [0.29, 0.717) is 18.0 Å². The van der Waals surface area contributed by atoms with Gasteiger partial charge in [0.05, 0.1) is 6.10 Å². The third kappa shape index (κ3) is 5.75. The van der Waals surface area contributed by atoms with Gasteiger partial charge in [-0.15, -0.1) is 0 Å². The minimum atomic E-state index is 0.128. The fourth-order valence-electron chi connectivity index (χ4n) is 4.66. The van der Waals surface area contributed by atoms with Gasteiger partial charge < -0.3 is 20.7 Å². The molecule has 1 heterocycles. The highest BCUT2D eigenvalue weighted by Crippen LogP contribution is 2.34. The van der Waals surface area contributed by atoms with Crippen LogP contribution in [0.3, 0.4) is 0 Å². The summed E-state index contributed by atoms with van der Waals surface area (Å²) in [7, 11) is 0. The van der Waals surface area contributed by atoms with E-state index in [4.69, 9.17) is 9.73 Å². The first-order valence-electron chi connectivity index (χ1n) is 11.7. The van der Waals surface area contributed by atoms with Crippen LogP contribution in [0.25, 0.3) is 0 Å². The quantitative estimate of drug-likeness (QED) is 0.475. The molecule has 30 heavy (non-hydrogen) atoms. The molecule has 1 aromatic carbocycles. The van der Waals surface area contributed by atoms with Crippen molar-refractivity contribution in [3.05, 3.63) is 35.9 Å². The van der Waals surface area contributed by atoms with E-state index in [0.717, 1.165) is 70.6 Å². The summed E-state index contributed by atoms with van der Waals surface area (Å²) in [5, 5.41) is 10.2. The Bertz CT molecular complexity index is 719. The number of ether oxygens (including phenoxy) is 1. The molecule has 6 nitrogen and oxygen atoms in total. The summed E-state index contributed by atoms with van der Waals surface area (Å²) < 4.78 is 6.02. The Hall–Kier alpha value is -2.08. The molecule has 3 aliphatic rings. The van der Waals surface area contributed by atoms with E-state index in [2.05, 4.69) is 47.1 Å². The normalized spacial score (nSPS) is 29.4. The number of aliphatic imine (C=N–C) groups is 1. The van der Waals surface area contributed by atoms with Crippen molar-refractivity contribution >= 4 is 11.9 Å². The van der Waals surface area contributed by atoms with Crippen LogP contribution in [0.4, 0.5) is 0 Å². The summed E-state index contributed by atoms with van der Waals surface area (Å²) in [6.07, 6.45) is 7.53. The minimum absolute atomic E-state index is 0.128. The van der Waals surface area contributed by atoms with Crippen molar-refractivity contribution in [2.45, 2.75) is 70.1 Å². The van der Waals surface area contributed by atoms with Crippen molar-refractivity contribution in [2.75, 3.05) is 19.7 Å². The second kappa shape index (κ2) is 10.3. The average Bonchev–Trinajstić information content (AvgIpc) is 3.46. The number of hydrogen-bond acceptors (Lipinski definition) is 3. The monoisotopic (exact) mass is 412 g/mol. The third-order valence-corrected chi connectivity index (χ3v) is 6.48. The zero-order valence-corrected chi connectivity index (χ0v) is 18.1. The topological polar surface area (TPSA) is 74.8 Å². The highest BCUT2D eigenvalue weighted by molar-refractivity contribution is 5.81. The zero-order chi connectivity index (χ0) is 20.8. The highest BCUT2D eigenvalue weighted by Gasteiger charge is 2.32. The first-order valence-corrected chi connectivity index (χ1v) is 11.7. The fourth-order valence-corrected chi connectivity index (χ4v) is 4.66. The van der Waals surface area contributed by atoms with Crippen LogP contribution in [0, 0.1) is 11.8 Å². The minimum Gasteiger partial charge on any atom is -0.373 e. The van der Waals surface area contributed by atoms with E-state index in [1.54, 1.807) is 0 Å². The summed E-state index contributed by atoms with van der Waals surface area (Å²) in [5.74, 6) is 1.64. The Morgan fingerprint density at radius 2 is 1.90 bits per heavy atom. The van der Waals surface area contributed by atoms with Crippen molar-refractivity contribution in [3.8, 4) is 0 Å². The van der Waals surface area contributed by atoms with Gasteiger partial charge in [0.15, 0.2) is 5.96 Å². The first-order chi connectivity index (χ1) is 14.7. The van der Waals surface area contributed by atoms with Crippen molar-refractivity contribution < 1.29 is 9.53 Å². The lowest BCUT2D eigenvalue weighted by atomic mass is 9.85. The van der Waals surface area contributed by atoms with E-state index in [1.165, 1.54) is 5.56 Å². The predicted octanol–water partition coefficient (Wildman–Crippen LogP) is 3.16. The maximum Gasteiger partial charge on any atom is 0.223 e. The Balaban J connectivity index is 1.33. The molecule has 4 unspecified atom stereocenters. The molecule has 0 spiro atoms. The van der Waals surface area contributed by atoms with Gasteiger partial charge in [0, 0.05) is 43.6 Å². The molecule has 3 N–H and O–H groups in total. The summed E-state index contributed by atoms with van der Waals surface area (Å²) in [5.41, 5.74) is 1.24. The molecule has 0 bridgehead atoms. The fraction of sp³-hybridized carbons (Fsp3) is 0.667. The first kappa shape index (κ1) is 21.2. The molecular weight excluding hydrogens is 376 g/mol. The summed E-state index contributed by atoms with van der Waals surface area (Å²) in [6.45, 7) is 4.46. The van der Waals surface area contributed by atoms with Crippen LogP contribution in [0.2, 0.25) is 0 Å². The number of nitrogens with one attached hydrogen (secondary N) is 3. The van der Waals surface area contributed by atoms with Crippen LogP contribution in [0.15, 0.2) is 35.3 Å². The van der Waals surface area contributed by atoms with E-state index in [9.17, 15) is 4.79 Å². The molecule has 2 aliphatic carbocycles. The molecule has 1 amide bonds. The molecule has 4 rings (SSSR count). The third-order valence-electron chi connectivity index (χ3n) is 6.48. The number of rotatable bonds is 7. The number of benzene rings is 1. The standard InChI is InChI=1S/C24H36N4O2/c1-2-25-24(26-16-19-13-14-30-22(19)17-7-4-3-5-8-17)28-21-10-6-9-18(15-21)23(29)27-20-11-12-20/h3-5,7-8,18-22H,2,6,9-16H2,1H3,(H,27,29)(H2,25,26,28). The molecule has 3 fully saturated rings. The lowest BCUT2D eigenvalue weighted by Gasteiger charge is -2.30. The maximum absolute atomic E-state index is 12.5. The summed E-state index contributed by atoms with van der Waals surface area (Å²) >= 11 is 0. The average molecular weight is 413 g/mol. The molecule has 1 aromatic rings. The van der Waals surface area contributed by atoms with Gasteiger partial charge in [0.1, 0.15) is 0 Å². The van der Waals surface area contributed by atoms with Crippen LogP contribution in [-0.2, 0) is 9.53 Å². The van der Waals surface area contributed by atoms with Gasteiger partial charge in [-0.3, -0.25) is 9.79 Å². The van der Waals surface area contributed by atoms with Crippen LogP contribution in [0.1, 0.15) is 63.5 Å². The number of carbonyl (C=O) groups is 1. The number of carbonyl (C=O) groups excluding carboxylic acids is 1. The van der Waals surface area contributed by atoms with E-state index < -0.39 is 0 Å². The second-order valence-electron chi connectivity index (χ2n) is 8.96. The van der Waals surface area contributed by atoms with Crippen LogP contribution >= 0.6 is 0 Å². The Morgan fingerprint density at radius 3 is 2.67 bits per heavy atom. The van der Waals surface area contributed by atoms with Gasteiger partial charge >= 0.3 is 0 Å². The van der Waals surface area contributed by atoms with Gasteiger partial charge in [0.25, 0.3) is 0 Å². The largest absolute Gasteiger partial charge is 0.373 e. The van der Waals surface area contributed by atoms with Crippen molar-refractivity contribution in [2.24, 2.45) is 16.8 Å². The molecule has 0 radical (unpaired) electrons. The SMILES string of the molecule is CCNC(=NCC1CCOC1c1ccccc1)NC1CCCC(C(=O)NC2CC2)C1. The lowest BCUT2D eigenvalue weighted by Crippen LogP contribution is -2.47. The van der Waals surface area contributed by atoms with Gasteiger partial charge in [-0.2, -0.15) is 0 Å². The second-order valence-corrected chi connectivity index (χ2v) is 8.96. The predicted molar refractivity (Wildman–Crippen MR) is 119 cm³/mol. The van der Waals surface area contributed by atoms with Crippen LogP contribution < -0.4 is 16.0 Å². The number of guanidine groups is 1. The number of nitrogens with zero attached hydrogens (tertiary/aromatic N) is 1. The Kier molecular flexibility index (Phi) is 7.26. The number of hydrogen-bond donors (Lipinski definition) is 3. The van der Waals surface area contributed by atoms with Crippen molar-refractivity contribution in [3.63, 3.8) is 0 Å². The highest BCUT2D eigenvalue weighted by atomic mass is 16.5. The smallest absolute Gasteiger partial charge is 0.223 e.